The van der Waals surface area contributed by atoms with Gasteiger partial charge in [0.05, 0.1) is 6.61 Å². The number of carbonyl (C=O) groups is 2. The first-order valence-electron chi connectivity index (χ1n) is 25.8. The molecule has 0 saturated heterocycles. The van der Waals surface area contributed by atoms with Crippen LogP contribution in [0.3, 0.4) is 0 Å². The molecule has 0 amide bonds. The van der Waals surface area contributed by atoms with E-state index in [0.29, 0.717) is 12.8 Å². The largest absolute Gasteiger partial charge is 0.462 e. The summed E-state index contributed by atoms with van der Waals surface area (Å²) in [5, 5.41) is 9.61. The van der Waals surface area contributed by atoms with Crippen molar-refractivity contribution in [3.8, 4) is 0 Å². The van der Waals surface area contributed by atoms with Crippen molar-refractivity contribution < 1.29 is 24.2 Å². The van der Waals surface area contributed by atoms with Crippen LogP contribution >= 0.6 is 0 Å². The molecular weight excluding hydrogens is 765 g/mol. The van der Waals surface area contributed by atoms with E-state index in [4.69, 9.17) is 9.47 Å². The van der Waals surface area contributed by atoms with Gasteiger partial charge in [0.1, 0.15) is 6.61 Å². The predicted molar refractivity (Wildman–Crippen MR) is 269 cm³/mol. The Kier molecular flexibility index (Phi) is 49.5. The molecule has 0 bridgehead atoms. The number of allylic oxidation sites excluding steroid dienone is 16. The molecule has 0 rings (SSSR count). The van der Waals surface area contributed by atoms with Gasteiger partial charge in [-0.2, -0.15) is 0 Å². The van der Waals surface area contributed by atoms with Crippen LogP contribution in [0.4, 0.5) is 0 Å². The average molecular weight is 861 g/mol. The van der Waals surface area contributed by atoms with E-state index in [9.17, 15) is 14.7 Å². The van der Waals surface area contributed by atoms with Gasteiger partial charge in [0, 0.05) is 12.8 Å². The Morgan fingerprint density at radius 2 is 0.694 bits per heavy atom. The van der Waals surface area contributed by atoms with E-state index in [2.05, 4.69) is 111 Å². The summed E-state index contributed by atoms with van der Waals surface area (Å²) in [6.45, 7) is 4.02. The summed E-state index contributed by atoms with van der Waals surface area (Å²) < 4.78 is 10.7. The highest BCUT2D eigenvalue weighted by Gasteiger charge is 2.16. The highest BCUT2D eigenvalue weighted by molar-refractivity contribution is 5.70. The summed E-state index contributed by atoms with van der Waals surface area (Å²) in [5.74, 6) is -0.595. The first kappa shape index (κ1) is 58.8. The van der Waals surface area contributed by atoms with Gasteiger partial charge in [-0.25, -0.2) is 0 Å². The Morgan fingerprint density at radius 1 is 0.387 bits per heavy atom. The van der Waals surface area contributed by atoms with Crippen molar-refractivity contribution in [2.24, 2.45) is 0 Å². The van der Waals surface area contributed by atoms with Crippen LogP contribution in [0.25, 0.3) is 0 Å². The molecule has 0 aliphatic heterocycles. The Labute approximate surface area is 383 Å². The van der Waals surface area contributed by atoms with Crippen LogP contribution < -0.4 is 0 Å². The first-order chi connectivity index (χ1) is 30.6. The maximum Gasteiger partial charge on any atom is 0.306 e. The smallest absolute Gasteiger partial charge is 0.306 e. The molecule has 0 radical (unpaired) electrons. The Morgan fingerprint density at radius 3 is 1.05 bits per heavy atom. The van der Waals surface area contributed by atoms with Gasteiger partial charge < -0.3 is 14.6 Å². The fourth-order valence-electron chi connectivity index (χ4n) is 7.04. The summed E-state index contributed by atoms with van der Waals surface area (Å²) >= 11 is 0. The van der Waals surface area contributed by atoms with E-state index in [1.807, 2.05) is 0 Å². The number of hydrogen-bond acceptors (Lipinski definition) is 5. The molecular formula is C57H96O5. The normalized spacial score (nSPS) is 13.0. The number of aliphatic hydroxyl groups is 1. The topological polar surface area (TPSA) is 72.8 Å². The quantitative estimate of drug-likeness (QED) is 0.0375. The molecule has 1 atom stereocenters. The number of esters is 2. The highest BCUT2D eigenvalue weighted by atomic mass is 16.6. The molecule has 0 aromatic rings. The molecule has 62 heavy (non-hydrogen) atoms. The molecule has 5 heteroatoms. The van der Waals surface area contributed by atoms with Crippen molar-refractivity contribution in [3.63, 3.8) is 0 Å². The Bertz CT molecular complexity index is 1200. The number of rotatable bonds is 46. The van der Waals surface area contributed by atoms with Crippen LogP contribution in [0, 0.1) is 0 Å². The van der Waals surface area contributed by atoms with Crippen LogP contribution in [-0.2, 0) is 19.1 Å². The van der Waals surface area contributed by atoms with Crippen molar-refractivity contribution in [3.05, 3.63) is 97.2 Å². The zero-order valence-corrected chi connectivity index (χ0v) is 40.4. The van der Waals surface area contributed by atoms with Crippen LogP contribution in [0.2, 0.25) is 0 Å². The average Bonchev–Trinajstić information content (AvgIpc) is 3.28. The van der Waals surface area contributed by atoms with Gasteiger partial charge in [-0.3, -0.25) is 9.59 Å². The predicted octanol–water partition coefficient (Wildman–Crippen LogP) is 17.2. The molecule has 0 aromatic heterocycles. The first-order valence-corrected chi connectivity index (χ1v) is 25.8. The molecule has 1 unspecified atom stereocenters. The number of carbonyl (C=O) groups excluding carboxylic acids is 2. The number of unbranched alkanes of at least 4 members (excludes halogenated alkanes) is 22. The number of ether oxygens (including phenoxy) is 2. The molecule has 0 aromatic carbocycles. The van der Waals surface area contributed by atoms with Crippen LogP contribution in [0.15, 0.2) is 97.2 Å². The van der Waals surface area contributed by atoms with E-state index in [1.54, 1.807) is 0 Å². The molecule has 5 nitrogen and oxygen atoms in total. The minimum Gasteiger partial charge on any atom is -0.462 e. The second-order valence-electron chi connectivity index (χ2n) is 16.9. The molecule has 0 fully saturated rings. The molecule has 0 aliphatic carbocycles. The van der Waals surface area contributed by atoms with Gasteiger partial charge >= 0.3 is 11.9 Å². The third-order valence-electron chi connectivity index (χ3n) is 10.9. The standard InChI is InChI=1S/C57H96O5/c1-3-5-7-9-11-13-15-17-18-19-20-21-22-23-24-25-26-27-28-29-30-31-32-33-34-35-36-37-38-40-42-44-46-48-50-52-57(60)62-55(53-58)54-61-56(59)51-49-47-45-43-41-39-16-14-12-10-8-6-4-2/h5,7,11,13,17-18,20-21,23-24,26-27,29-30,32-33,55,58H,3-4,6,8-10,12,14-16,19,22,25,28,31,34-54H2,1-2H3/b7-5-,13-11-,18-17-,21-20-,24-23-,27-26-,30-29-,33-32-. The minimum atomic E-state index is -0.776. The molecule has 1 N–H and O–H groups in total. The number of aliphatic hydroxyl groups excluding tert-OH is 1. The van der Waals surface area contributed by atoms with Crippen LogP contribution in [0.5, 0.6) is 0 Å². The molecule has 0 heterocycles. The van der Waals surface area contributed by atoms with E-state index in [-0.39, 0.29) is 25.2 Å². The molecule has 354 valence electrons. The fourth-order valence-corrected chi connectivity index (χ4v) is 7.04. The zero-order valence-electron chi connectivity index (χ0n) is 40.4. The molecule has 0 saturated carbocycles. The monoisotopic (exact) mass is 861 g/mol. The van der Waals surface area contributed by atoms with Gasteiger partial charge in [0.2, 0.25) is 0 Å². The summed E-state index contributed by atoms with van der Waals surface area (Å²) in [6, 6.07) is 0. The summed E-state index contributed by atoms with van der Waals surface area (Å²) in [7, 11) is 0. The summed E-state index contributed by atoms with van der Waals surface area (Å²) in [5.41, 5.74) is 0. The van der Waals surface area contributed by atoms with Gasteiger partial charge in [0.15, 0.2) is 6.10 Å². The Balaban J connectivity index is 3.56. The van der Waals surface area contributed by atoms with Gasteiger partial charge in [0.25, 0.3) is 0 Å². The van der Waals surface area contributed by atoms with Crippen LogP contribution in [-0.4, -0.2) is 36.4 Å². The summed E-state index contributed by atoms with van der Waals surface area (Å²) in [6.07, 6.45) is 73.6. The van der Waals surface area contributed by atoms with E-state index in [1.165, 1.54) is 116 Å². The lowest BCUT2D eigenvalue weighted by molar-refractivity contribution is -0.161. The lowest BCUT2D eigenvalue weighted by Crippen LogP contribution is -2.28. The Hall–Kier alpha value is -3.18. The van der Waals surface area contributed by atoms with E-state index >= 15 is 0 Å². The lowest BCUT2D eigenvalue weighted by atomic mass is 10.0. The van der Waals surface area contributed by atoms with Crippen molar-refractivity contribution in [1.29, 1.82) is 0 Å². The zero-order chi connectivity index (χ0) is 44.9. The second kappa shape index (κ2) is 52.2. The molecule has 0 spiro atoms. The lowest BCUT2D eigenvalue weighted by Gasteiger charge is -2.15. The third-order valence-corrected chi connectivity index (χ3v) is 10.9. The third kappa shape index (κ3) is 49.5. The van der Waals surface area contributed by atoms with Crippen molar-refractivity contribution in [1.82, 2.24) is 0 Å². The van der Waals surface area contributed by atoms with Gasteiger partial charge in [-0.05, 0) is 77.0 Å². The van der Waals surface area contributed by atoms with Crippen molar-refractivity contribution in [2.45, 2.75) is 238 Å². The maximum atomic E-state index is 12.3. The fraction of sp³-hybridized carbons (Fsp3) is 0.684. The van der Waals surface area contributed by atoms with E-state index in [0.717, 1.165) is 89.9 Å². The second-order valence-corrected chi connectivity index (χ2v) is 16.9. The van der Waals surface area contributed by atoms with Crippen LogP contribution in [0.1, 0.15) is 232 Å². The SMILES string of the molecule is CC/C=C\C/C=C\C/C=C\C/C=C\C/C=C\C/C=C\C/C=C\C/C=C\CCCCCCCCCCCCC(=O)OC(CO)COC(=O)CCCCCCCCCCCCCCC. The molecule has 0 aliphatic rings. The van der Waals surface area contributed by atoms with Crippen molar-refractivity contribution >= 4 is 11.9 Å². The summed E-state index contributed by atoms with van der Waals surface area (Å²) in [4.78, 5) is 24.4. The number of hydrogen-bond donors (Lipinski definition) is 1. The van der Waals surface area contributed by atoms with Gasteiger partial charge in [-0.1, -0.05) is 239 Å². The minimum absolute atomic E-state index is 0.0688. The highest BCUT2D eigenvalue weighted by Crippen LogP contribution is 2.15. The van der Waals surface area contributed by atoms with E-state index < -0.39 is 6.10 Å². The van der Waals surface area contributed by atoms with Crippen molar-refractivity contribution in [2.75, 3.05) is 13.2 Å². The van der Waals surface area contributed by atoms with Gasteiger partial charge in [-0.15, -0.1) is 0 Å². The maximum absolute atomic E-state index is 12.3.